The maximum atomic E-state index is 12.6. The monoisotopic (exact) mass is 288 g/mol. The van der Waals surface area contributed by atoms with Crippen LogP contribution in [0.4, 0.5) is 0 Å². The minimum Gasteiger partial charge on any atom is -0.335 e. The van der Waals surface area contributed by atoms with Gasteiger partial charge in [-0.15, -0.1) is 0 Å². The highest BCUT2D eigenvalue weighted by Crippen LogP contribution is 2.25. The van der Waals surface area contributed by atoms with E-state index in [9.17, 15) is 4.79 Å². The molecule has 2 rings (SSSR count). The Morgan fingerprint density at radius 1 is 1.24 bits per heavy atom. The first-order chi connectivity index (χ1) is 10.2. The average molecular weight is 288 g/mol. The molecule has 1 atom stereocenters. The Balaban J connectivity index is 2.03. The number of nitrogens with two attached hydrogens (primary N) is 1. The van der Waals surface area contributed by atoms with E-state index in [2.05, 4.69) is 17.0 Å². The number of benzene rings is 1. The average Bonchev–Trinajstić information content (AvgIpc) is 2.52. The summed E-state index contributed by atoms with van der Waals surface area (Å²) >= 11 is 0. The molecule has 1 fully saturated rings. The molecule has 1 amide bonds. The summed E-state index contributed by atoms with van der Waals surface area (Å²) in [7, 11) is 0. The van der Waals surface area contributed by atoms with E-state index in [1.165, 1.54) is 24.8 Å². The van der Waals surface area contributed by atoms with E-state index >= 15 is 0 Å². The van der Waals surface area contributed by atoms with E-state index in [1.807, 2.05) is 25.1 Å². The summed E-state index contributed by atoms with van der Waals surface area (Å²) in [6, 6.07) is 10.8. The van der Waals surface area contributed by atoms with Crippen molar-refractivity contribution in [2.75, 3.05) is 0 Å². The molecule has 1 saturated carbocycles. The number of amides is 1. The quantitative estimate of drug-likeness (QED) is 0.871. The lowest BCUT2D eigenvalue weighted by atomic mass is 9.93. The molecule has 2 N–H and O–H groups in total. The second-order valence-corrected chi connectivity index (χ2v) is 6.32. The molecule has 0 spiro atoms. The van der Waals surface area contributed by atoms with Crippen LogP contribution in [0, 0.1) is 0 Å². The number of hydrogen-bond donors (Lipinski definition) is 1. The summed E-state index contributed by atoms with van der Waals surface area (Å²) < 4.78 is 0. The van der Waals surface area contributed by atoms with Gasteiger partial charge in [0.2, 0.25) is 5.91 Å². The molecule has 0 aliphatic heterocycles. The number of carbonyl (C=O) groups is 1. The van der Waals surface area contributed by atoms with Crippen LogP contribution in [0.2, 0.25) is 0 Å². The molecule has 0 heterocycles. The van der Waals surface area contributed by atoms with Gasteiger partial charge < -0.3 is 10.6 Å². The molecular weight excluding hydrogens is 260 g/mol. The van der Waals surface area contributed by atoms with Crippen LogP contribution in [0.5, 0.6) is 0 Å². The molecule has 1 aromatic rings. The van der Waals surface area contributed by atoms with Gasteiger partial charge in [-0.25, -0.2) is 0 Å². The lowest BCUT2D eigenvalue weighted by Crippen LogP contribution is -2.41. The fraction of sp³-hybridized carbons (Fsp3) is 0.611. The molecule has 1 aliphatic rings. The third kappa shape index (κ3) is 5.16. The molecule has 1 aliphatic carbocycles. The van der Waals surface area contributed by atoms with Crippen molar-refractivity contribution in [3.8, 4) is 0 Å². The van der Waals surface area contributed by atoms with Gasteiger partial charge in [-0.05, 0) is 31.7 Å². The Bertz CT molecular complexity index is 424. The molecule has 21 heavy (non-hydrogen) atoms. The largest absolute Gasteiger partial charge is 0.335 e. The van der Waals surface area contributed by atoms with Crippen molar-refractivity contribution in [1.82, 2.24) is 4.90 Å². The van der Waals surface area contributed by atoms with Gasteiger partial charge in [-0.1, -0.05) is 49.6 Å². The number of nitrogens with zero attached hydrogens (tertiary/aromatic N) is 1. The number of rotatable bonds is 6. The Kier molecular flexibility index (Phi) is 6.24. The minimum atomic E-state index is 0.0962. The molecule has 0 radical (unpaired) electrons. The summed E-state index contributed by atoms with van der Waals surface area (Å²) in [5.41, 5.74) is 7.02. The molecule has 0 bridgehead atoms. The maximum absolute atomic E-state index is 12.6. The predicted molar refractivity (Wildman–Crippen MR) is 86.7 cm³/mol. The summed E-state index contributed by atoms with van der Waals surface area (Å²) in [6.45, 7) is 2.71. The van der Waals surface area contributed by atoms with E-state index in [-0.39, 0.29) is 11.9 Å². The highest BCUT2D eigenvalue weighted by Gasteiger charge is 2.25. The van der Waals surface area contributed by atoms with Gasteiger partial charge in [0.1, 0.15) is 0 Å². The van der Waals surface area contributed by atoms with Crippen molar-refractivity contribution in [3.05, 3.63) is 35.9 Å². The van der Waals surface area contributed by atoms with Crippen molar-refractivity contribution in [2.24, 2.45) is 5.73 Å². The summed E-state index contributed by atoms with van der Waals surface area (Å²) in [5, 5.41) is 0. The second-order valence-electron chi connectivity index (χ2n) is 6.32. The van der Waals surface area contributed by atoms with E-state index in [4.69, 9.17) is 5.73 Å². The van der Waals surface area contributed by atoms with Crippen LogP contribution in [0.15, 0.2) is 30.3 Å². The van der Waals surface area contributed by atoms with Crippen LogP contribution in [-0.2, 0) is 11.3 Å². The fourth-order valence-corrected chi connectivity index (χ4v) is 3.09. The molecule has 0 saturated heterocycles. The van der Waals surface area contributed by atoms with Crippen LogP contribution in [0.25, 0.3) is 0 Å². The zero-order valence-corrected chi connectivity index (χ0v) is 13.1. The SMILES string of the molecule is CC(N)CCC(=O)N(Cc1ccccc1)C1CCCCC1. The molecule has 1 unspecified atom stereocenters. The van der Waals surface area contributed by atoms with Crippen molar-refractivity contribution < 1.29 is 4.79 Å². The fourth-order valence-electron chi connectivity index (χ4n) is 3.09. The highest BCUT2D eigenvalue weighted by atomic mass is 16.2. The predicted octanol–water partition coefficient (Wildman–Crippen LogP) is 3.48. The Morgan fingerprint density at radius 2 is 1.90 bits per heavy atom. The summed E-state index contributed by atoms with van der Waals surface area (Å²) in [5.74, 6) is 0.267. The van der Waals surface area contributed by atoms with Gasteiger partial charge >= 0.3 is 0 Å². The van der Waals surface area contributed by atoms with Gasteiger partial charge in [-0.3, -0.25) is 4.79 Å². The van der Waals surface area contributed by atoms with Crippen molar-refractivity contribution in [1.29, 1.82) is 0 Å². The highest BCUT2D eigenvalue weighted by molar-refractivity contribution is 5.76. The lowest BCUT2D eigenvalue weighted by Gasteiger charge is -2.35. The van der Waals surface area contributed by atoms with E-state index in [0.29, 0.717) is 12.5 Å². The molecule has 0 aromatic heterocycles. The summed E-state index contributed by atoms with van der Waals surface area (Å²) in [6.07, 6.45) is 7.45. The van der Waals surface area contributed by atoms with Gasteiger partial charge in [-0.2, -0.15) is 0 Å². The third-order valence-corrected chi connectivity index (χ3v) is 4.35. The first kappa shape index (κ1) is 16.0. The van der Waals surface area contributed by atoms with Crippen molar-refractivity contribution in [2.45, 2.75) is 70.5 Å². The molecule has 3 heteroatoms. The smallest absolute Gasteiger partial charge is 0.223 e. The first-order valence-corrected chi connectivity index (χ1v) is 8.26. The van der Waals surface area contributed by atoms with Gasteiger partial charge in [0, 0.05) is 25.0 Å². The molecule has 3 nitrogen and oxygen atoms in total. The van der Waals surface area contributed by atoms with E-state index < -0.39 is 0 Å². The van der Waals surface area contributed by atoms with Gasteiger partial charge in [0.15, 0.2) is 0 Å². The Labute approximate surface area is 128 Å². The topological polar surface area (TPSA) is 46.3 Å². The Morgan fingerprint density at radius 3 is 2.52 bits per heavy atom. The van der Waals surface area contributed by atoms with E-state index in [1.54, 1.807) is 0 Å². The van der Waals surface area contributed by atoms with Gasteiger partial charge in [0.05, 0.1) is 0 Å². The minimum absolute atomic E-state index is 0.0962. The second kappa shape index (κ2) is 8.18. The van der Waals surface area contributed by atoms with Crippen LogP contribution in [0.1, 0.15) is 57.4 Å². The maximum Gasteiger partial charge on any atom is 0.223 e. The van der Waals surface area contributed by atoms with Gasteiger partial charge in [0.25, 0.3) is 0 Å². The van der Waals surface area contributed by atoms with E-state index in [0.717, 1.165) is 25.8 Å². The van der Waals surface area contributed by atoms with Crippen LogP contribution >= 0.6 is 0 Å². The zero-order valence-electron chi connectivity index (χ0n) is 13.1. The standard InChI is InChI=1S/C18H28N2O/c1-15(19)12-13-18(21)20(17-10-6-3-7-11-17)14-16-8-4-2-5-9-16/h2,4-5,8-9,15,17H,3,6-7,10-14,19H2,1H3. The molecule has 1 aromatic carbocycles. The van der Waals surface area contributed by atoms with Crippen LogP contribution in [0.3, 0.4) is 0 Å². The molecule has 116 valence electrons. The third-order valence-electron chi connectivity index (χ3n) is 4.35. The van der Waals surface area contributed by atoms with Crippen molar-refractivity contribution in [3.63, 3.8) is 0 Å². The number of hydrogen-bond acceptors (Lipinski definition) is 2. The molecular formula is C18H28N2O. The number of carbonyl (C=O) groups excluding carboxylic acids is 1. The zero-order chi connectivity index (χ0) is 15.1. The normalized spacial score (nSPS) is 17.4. The summed E-state index contributed by atoms with van der Waals surface area (Å²) in [4.78, 5) is 14.7. The van der Waals surface area contributed by atoms with Crippen molar-refractivity contribution >= 4 is 5.91 Å². The first-order valence-electron chi connectivity index (χ1n) is 8.26. The van der Waals surface area contributed by atoms with Crippen LogP contribution in [-0.4, -0.2) is 22.9 Å². The van der Waals surface area contributed by atoms with Crippen LogP contribution < -0.4 is 5.73 Å². The Hall–Kier alpha value is -1.35. The lowest BCUT2D eigenvalue weighted by molar-refractivity contribution is -0.135.